The molecule has 1 N–H and O–H groups in total. The number of halogens is 1. The van der Waals surface area contributed by atoms with Crippen LogP contribution >= 0.6 is 15.9 Å². The molecule has 0 radical (unpaired) electrons. The highest BCUT2D eigenvalue weighted by Gasteiger charge is 2.06. The molecule has 0 heterocycles. The van der Waals surface area contributed by atoms with Crippen molar-refractivity contribution in [1.29, 1.82) is 0 Å². The van der Waals surface area contributed by atoms with E-state index < -0.39 is 0 Å². The molecule has 26 heavy (non-hydrogen) atoms. The van der Waals surface area contributed by atoms with Gasteiger partial charge in [-0.1, -0.05) is 25.5 Å². The van der Waals surface area contributed by atoms with E-state index in [1.54, 1.807) is 20.3 Å². The molecule has 0 bridgehead atoms. The van der Waals surface area contributed by atoms with E-state index in [2.05, 4.69) is 34.2 Å². The van der Waals surface area contributed by atoms with E-state index in [4.69, 9.17) is 9.47 Å². The summed E-state index contributed by atoms with van der Waals surface area (Å²) in [6.45, 7) is 2.17. The zero-order valence-electron chi connectivity index (χ0n) is 15.3. The molecular weight excluding hydrogens is 394 g/mol. The monoisotopic (exact) mass is 417 g/mol. The van der Waals surface area contributed by atoms with Crippen molar-refractivity contribution in [1.82, 2.24) is 0 Å². The van der Waals surface area contributed by atoms with E-state index in [0.717, 1.165) is 35.0 Å². The molecule has 138 valence electrons. The molecule has 0 saturated heterocycles. The maximum atomic E-state index is 12.2. The summed E-state index contributed by atoms with van der Waals surface area (Å²) < 4.78 is 11.4. The van der Waals surface area contributed by atoms with Crippen LogP contribution in [0.15, 0.2) is 46.9 Å². The Hall–Kier alpha value is -2.27. The van der Waals surface area contributed by atoms with Crippen LogP contribution in [0.4, 0.5) is 5.69 Å². The summed E-state index contributed by atoms with van der Waals surface area (Å²) in [7, 11) is 3.17. The molecule has 4 nitrogen and oxygen atoms in total. The van der Waals surface area contributed by atoms with Gasteiger partial charge in [0.05, 0.1) is 19.9 Å². The Balaban J connectivity index is 2.03. The molecule has 1 amide bonds. The summed E-state index contributed by atoms with van der Waals surface area (Å²) in [5.74, 6) is 1.09. The minimum absolute atomic E-state index is 0.193. The number of carbonyl (C=O) groups excluding carboxylic acids is 1. The number of aryl methyl sites for hydroxylation is 1. The quantitative estimate of drug-likeness (QED) is 0.579. The number of rotatable bonds is 8. The van der Waals surface area contributed by atoms with Gasteiger partial charge < -0.3 is 14.8 Å². The third-order valence-corrected chi connectivity index (χ3v) is 4.60. The Bertz CT molecular complexity index is 787. The third kappa shape index (κ3) is 5.63. The number of carbonyl (C=O) groups is 1. The van der Waals surface area contributed by atoms with Crippen LogP contribution < -0.4 is 14.8 Å². The minimum Gasteiger partial charge on any atom is -0.493 e. The van der Waals surface area contributed by atoms with Crippen LogP contribution in [0, 0.1) is 0 Å². The lowest BCUT2D eigenvalue weighted by molar-refractivity contribution is -0.111. The molecule has 0 spiro atoms. The summed E-state index contributed by atoms with van der Waals surface area (Å²) in [5.41, 5.74) is 2.87. The van der Waals surface area contributed by atoms with Crippen LogP contribution in [0.5, 0.6) is 11.5 Å². The Labute approximate surface area is 163 Å². The lowest BCUT2D eigenvalue weighted by atomic mass is 10.1. The van der Waals surface area contributed by atoms with Gasteiger partial charge in [0.1, 0.15) is 0 Å². The van der Waals surface area contributed by atoms with Crippen molar-refractivity contribution in [2.45, 2.75) is 26.2 Å². The van der Waals surface area contributed by atoms with E-state index in [1.807, 2.05) is 30.3 Å². The maximum Gasteiger partial charge on any atom is 0.248 e. The summed E-state index contributed by atoms with van der Waals surface area (Å²) in [6.07, 6.45) is 6.60. The van der Waals surface area contributed by atoms with E-state index in [1.165, 1.54) is 11.6 Å². The molecular formula is C21H24BrNO3. The van der Waals surface area contributed by atoms with Crippen LogP contribution in [0.1, 0.15) is 30.9 Å². The van der Waals surface area contributed by atoms with Crippen molar-refractivity contribution in [3.63, 3.8) is 0 Å². The Morgan fingerprint density at radius 2 is 1.88 bits per heavy atom. The van der Waals surface area contributed by atoms with Crippen LogP contribution in [0.2, 0.25) is 0 Å². The fourth-order valence-corrected chi connectivity index (χ4v) is 3.02. The fourth-order valence-electron chi connectivity index (χ4n) is 2.50. The third-order valence-electron chi connectivity index (χ3n) is 3.95. The first-order valence-corrected chi connectivity index (χ1v) is 9.36. The van der Waals surface area contributed by atoms with Crippen molar-refractivity contribution in [3.05, 3.63) is 58.1 Å². The second-order valence-electron chi connectivity index (χ2n) is 5.85. The van der Waals surface area contributed by atoms with Crippen LogP contribution in [0.3, 0.4) is 0 Å². The molecule has 0 aliphatic rings. The van der Waals surface area contributed by atoms with Crippen LogP contribution in [-0.2, 0) is 11.2 Å². The number of ether oxygens (including phenoxy) is 2. The zero-order valence-corrected chi connectivity index (χ0v) is 16.9. The SMILES string of the molecule is CCCCc1ccc(NC(=O)/C=C/c2ccc(OC)c(OC)c2)c(Br)c1. The molecule has 0 aromatic heterocycles. The Morgan fingerprint density at radius 1 is 1.12 bits per heavy atom. The largest absolute Gasteiger partial charge is 0.493 e. The number of benzene rings is 2. The van der Waals surface area contributed by atoms with Gasteiger partial charge in [-0.05, 0) is 70.2 Å². The first-order valence-electron chi connectivity index (χ1n) is 8.57. The minimum atomic E-state index is -0.193. The molecule has 5 heteroatoms. The molecule has 2 aromatic rings. The second kappa shape index (κ2) is 10.0. The first kappa shape index (κ1) is 20.0. The molecule has 2 rings (SSSR count). The summed E-state index contributed by atoms with van der Waals surface area (Å²) in [5, 5.41) is 2.89. The number of anilines is 1. The molecule has 0 fully saturated rings. The number of hydrogen-bond acceptors (Lipinski definition) is 3. The topological polar surface area (TPSA) is 47.6 Å². The number of hydrogen-bond donors (Lipinski definition) is 1. The molecule has 0 unspecified atom stereocenters. The van der Waals surface area contributed by atoms with E-state index >= 15 is 0 Å². The van der Waals surface area contributed by atoms with Crippen LogP contribution in [-0.4, -0.2) is 20.1 Å². The fraction of sp³-hybridized carbons (Fsp3) is 0.286. The van der Waals surface area contributed by atoms with Gasteiger partial charge in [-0.2, -0.15) is 0 Å². The predicted octanol–water partition coefficient (Wildman–Crippen LogP) is 5.46. The second-order valence-corrected chi connectivity index (χ2v) is 6.71. The lowest BCUT2D eigenvalue weighted by Crippen LogP contribution is -2.08. The lowest BCUT2D eigenvalue weighted by Gasteiger charge is -2.08. The smallest absolute Gasteiger partial charge is 0.248 e. The molecule has 0 aliphatic carbocycles. The van der Waals surface area contributed by atoms with Crippen molar-refractivity contribution >= 4 is 33.6 Å². The van der Waals surface area contributed by atoms with E-state index in [9.17, 15) is 4.79 Å². The van der Waals surface area contributed by atoms with Gasteiger partial charge in [0.2, 0.25) is 5.91 Å². The molecule has 0 saturated carbocycles. The zero-order chi connectivity index (χ0) is 18.9. The Morgan fingerprint density at radius 3 is 2.54 bits per heavy atom. The van der Waals surface area contributed by atoms with Crippen molar-refractivity contribution < 1.29 is 14.3 Å². The highest BCUT2D eigenvalue weighted by molar-refractivity contribution is 9.10. The predicted molar refractivity (Wildman–Crippen MR) is 110 cm³/mol. The first-order chi connectivity index (χ1) is 12.6. The average molecular weight is 418 g/mol. The van der Waals surface area contributed by atoms with Gasteiger partial charge in [0.15, 0.2) is 11.5 Å². The summed E-state index contributed by atoms with van der Waals surface area (Å²) >= 11 is 3.53. The van der Waals surface area contributed by atoms with E-state index in [0.29, 0.717) is 11.5 Å². The highest BCUT2D eigenvalue weighted by Crippen LogP contribution is 2.28. The van der Waals surface area contributed by atoms with Crippen molar-refractivity contribution in [2.75, 3.05) is 19.5 Å². The van der Waals surface area contributed by atoms with Crippen molar-refractivity contribution in [3.8, 4) is 11.5 Å². The number of unbranched alkanes of at least 4 members (excludes halogenated alkanes) is 1. The van der Waals surface area contributed by atoms with Crippen LogP contribution in [0.25, 0.3) is 6.08 Å². The normalized spacial score (nSPS) is 10.8. The number of nitrogens with one attached hydrogen (secondary N) is 1. The Kier molecular flexibility index (Phi) is 7.73. The van der Waals surface area contributed by atoms with Gasteiger partial charge >= 0.3 is 0 Å². The standard InChI is InChI=1S/C21H24BrNO3/c1-4-5-6-15-7-10-18(17(22)13-15)23-21(24)12-9-16-8-11-19(25-2)20(14-16)26-3/h7-14H,4-6H2,1-3H3,(H,23,24)/b12-9+. The van der Waals surface area contributed by atoms with Gasteiger partial charge in [0.25, 0.3) is 0 Å². The number of methoxy groups -OCH3 is 2. The van der Waals surface area contributed by atoms with Gasteiger partial charge in [-0.25, -0.2) is 0 Å². The average Bonchev–Trinajstić information content (AvgIpc) is 2.66. The van der Waals surface area contributed by atoms with E-state index in [-0.39, 0.29) is 5.91 Å². The number of amides is 1. The van der Waals surface area contributed by atoms with Gasteiger partial charge in [-0.3, -0.25) is 4.79 Å². The maximum absolute atomic E-state index is 12.2. The summed E-state index contributed by atoms with van der Waals surface area (Å²) in [4.78, 5) is 12.2. The van der Waals surface area contributed by atoms with Gasteiger partial charge in [-0.15, -0.1) is 0 Å². The molecule has 0 atom stereocenters. The molecule has 0 aliphatic heterocycles. The van der Waals surface area contributed by atoms with Gasteiger partial charge in [0, 0.05) is 10.5 Å². The molecule has 2 aromatic carbocycles. The summed E-state index contributed by atoms with van der Waals surface area (Å²) in [6, 6.07) is 11.5. The van der Waals surface area contributed by atoms with Crippen molar-refractivity contribution in [2.24, 2.45) is 0 Å². The highest BCUT2D eigenvalue weighted by atomic mass is 79.9.